The van der Waals surface area contributed by atoms with Crippen molar-refractivity contribution in [3.8, 4) is 5.75 Å². The molecule has 1 amide bonds. The molecule has 3 N–H and O–H groups in total. The molecule has 1 atom stereocenters. The van der Waals surface area contributed by atoms with Crippen molar-refractivity contribution in [2.75, 3.05) is 5.32 Å². The summed E-state index contributed by atoms with van der Waals surface area (Å²) in [6.45, 7) is 1.64. The van der Waals surface area contributed by atoms with Crippen LogP contribution in [0.25, 0.3) is 10.8 Å². The van der Waals surface area contributed by atoms with E-state index in [0.29, 0.717) is 11.4 Å². The van der Waals surface area contributed by atoms with Crippen molar-refractivity contribution in [1.82, 2.24) is 0 Å². The zero-order chi connectivity index (χ0) is 19.6. The van der Waals surface area contributed by atoms with E-state index in [2.05, 4.69) is 21.2 Å². The standard InChI is InChI=1S/C19H17BrN2O4S/c1-12(19(23)22-16-5-8-18(9-6-16)27(21,24)25)26-17-7-3-13-10-15(20)4-2-14(13)11-17/h2-12H,1H3,(H,22,23)(H2,21,24,25). The molecular weight excluding hydrogens is 432 g/mol. The molecule has 3 rings (SSSR count). The average Bonchev–Trinajstić information content (AvgIpc) is 2.61. The zero-order valence-electron chi connectivity index (χ0n) is 14.3. The summed E-state index contributed by atoms with van der Waals surface area (Å²) in [6.07, 6.45) is -0.740. The number of carbonyl (C=O) groups excluding carboxylic acids is 1. The third-order valence-corrected chi connectivity index (χ3v) is 5.33. The van der Waals surface area contributed by atoms with E-state index in [1.54, 1.807) is 13.0 Å². The number of rotatable bonds is 5. The topological polar surface area (TPSA) is 98.5 Å². The van der Waals surface area contributed by atoms with Gasteiger partial charge in [0.2, 0.25) is 10.0 Å². The Morgan fingerprint density at radius 2 is 1.67 bits per heavy atom. The van der Waals surface area contributed by atoms with Gasteiger partial charge >= 0.3 is 0 Å². The molecule has 6 nitrogen and oxygen atoms in total. The molecule has 0 aliphatic rings. The molecule has 3 aromatic rings. The van der Waals surface area contributed by atoms with Crippen LogP contribution in [0.15, 0.2) is 70.0 Å². The van der Waals surface area contributed by atoms with Gasteiger partial charge in [-0.3, -0.25) is 4.79 Å². The van der Waals surface area contributed by atoms with Gasteiger partial charge in [-0.05, 0) is 66.2 Å². The van der Waals surface area contributed by atoms with E-state index in [9.17, 15) is 13.2 Å². The summed E-state index contributed by atoms with van der Waals surface area (Å²) in [6, 6.07) is 17.1. The first-order chi connectivity index (χ1) is 12.7. The first kappa shape index (κ1) is 19.3. The highest BCUT2D eigenvalue weighted by molar-refractivity contribution is 9.10. The number of nitrogens with one attached hydrogen (secondary N) is 1. The molecule has 0 fully saturated rings. The smallest absolute Gasteiger partial charge is 0.265 e. The molecule has 1 unspecified atom stereocenters. The number of hydrogen-bond donors (Lipinski definition) is 2. The molecule has 0 saturated carbocycles. The van der Waals surface area contributed by atoms with E-state index < -0.39 is 16.1 Å². The van der Waals surface area contributed by atoms with Gasteiger partial charge in [0.15, 0.2) is 6.10 Å². The fourth-order valence-corrected chi connectivity index (χ4v) is 3.39. The van der Waals surface area contributed by atoms with Gasteiger partial charge in [-0.15, -0.1) is 0 Å². The molecule has 0 heterocycles. The molecule has 0 aliphatic heterocycles. The third kappa shape index (κ3) is 4.85. The lowest BCUT2D eigenvalue weighted by Gasteiger charge is -2.15. The van der Waals surface area contributed by atoms with Crippen molar-refractivity contribution in [1.29, 1.82) is 0 Å². The largest absolute Gasteiger partial charge is 0.481 e. The lowest BCUT2D eigenvalue weighted by atomic mass is 10.1. The number of anilines is 1. The van der Waals surface area contributed by atoms with Crippen molar-refractivity contribution < 1.29 is 17.9 Å². The number of primary sulfonamides is 1. The summed E-state index contributed by atoms with van der Waals surface area (Å²) in [5.41, 5.74) is 0.450. The van der Waals surface area contributed by atoms with Gasteiger partial charge in [-0.25, -0.2) is 13.6 Å². The van der Waals surface area contributed by atoms with Crippen molar-refractivity contribution in [3.63, 3.8) is 0 Å². The minimum atomic E-state index is -3.77. The monoisotopic (exact) mass is 448 g/mol. The van der Waals surface area contributed by atoms with E-state index in [1.165, 1.54) is 24.3 Å². The van der Waals surface area contributed by atoms with Crippen LogP contribution in [0.2, 0.25) is 0 Å². The average molecular weight is 449 g/mol. The molecule has 0 saturated heterocycles. The van der Waals surface area contributed by atoms with Gasteiger partial charge < -0.3 is 10.1 Å². The summed E-state index contributed by atoms with van der Waals surface area (Å²) in [4.78, 5) is 12.3. The quantitative estimate of drug-likeness (QED) is 0.621. The number of benzene rings is 3. The maximum absolute atomic E-state index is 12.3. The summed E-state index contributed by atoms with van der Waals surface area (Å²) < 4.78 is 29.2. The number of carbonyl (C=O) groups is 1. The van der Waals surface area contributed by atoms with E-state index in [1.807, 2.05) is 30.3 Å². The third-order valence-electron chi connectivity index (χ3n) is 3.91. The van der Waals surface area contributed by atoms with Crippen LogP contribution in [0.5, 0.6) is 5.75 Å². The van der Waals surface area contributed by atoms with Gasteiger partial charge in [-0.1, -0.05) is 28.1 Å². The fourth-order valence-electron chi connectivity index (χ4n) is 2.50. The Bertz CT molecular complexity index is 1100. The number of amides is 1. The highest BCUT2D eigenvalue weighted by atomic mass is 79.9. The van der Waals surface area contributed by atoms with Gasteiger partial charge in [0.1, 0.15) is 5.75 Å². The summed E-state index contributed by atoms with van der Waals surface area (Å²) in [5.74, 6) is 0.228. The normalized spacial score (nSPS) is 12.6. The second-order valence-electron chi connectivity index (χ2n) is 5.97. The van der Waals surface area contributed by atoms with Crippen LogP contribution in [0.3, 0.4) is 0 Å². The van der Waals surface area contributed by atoms with Gasteiger partial charge in [0, 0.05) is 10.2 Å². The first-order valence-electron chi connectivity index (χ1n) is 8.02. The molecule has 0 aliphatic carbocycles. The number of nitrogens with two attached hydrogens (primary N) is 1. The van der Waals surface area contributed by atoms with Crippen LogP contribution >= 0.6 is 15.9 Å². The van der Waals surface area contributed by atoms with Crippen LogP contribution in [-0.2, 0) is 14.8 Å². The minimum Gasteiger partial charge on any atom is -0.481 e. The molecular formula is C19H17BrN2O4S. The van der Waals surface area contributed by atoms with Crippen molar-refractivity contribution in [2.24, 2.45) is 5.14 Å². The molecule has 3 aromatic carbocycles. The Labute approximate surface area is 165 Å². The summed E-state index contributed by atoms with van der Waals surface area (Å²) in [7, 11) is -3.77. The zero-order valence-corrected chi connectivity index (χ0v) is 16.7. The van der Waals surface area contributed by atoms with Crippen LogP contribution in [0, 0.1) is 0 Å². The molecule has 0 aromatic heterocycles. The van der Waals surface area contributed by atoms with Crippen molar-refractivity contribution >= 4 is 48.3 Å². The maximum atomic E-state index is 12.3. The van der Waals surface area contributed by atoms with Crippen LogP contribution in [0.4, 0.5) is 5.69 Å². The van der Waals surface area contributed by atoms with E-state index in [4.69, 9.17) is 9.88 Å². The van der Waals surface area contributed by atoms with E-state index >= 15 is 0 Å². The van der Waals surface area contributed by atoms with E-state index in [0.717, 1.165) is 15.2 Å². The minimum absolute atomic E-state index is 0.0207. The van der Waals surface area contributed by atoms with Crippen LogP contribution in [0.1, 0.15) is 6.92 Å². The predicted molar refractivity (Wildman–Crippen MR) is 108 cm³/mol. The molecule has 8 heteroatoms. The number of halogens is 1. The van der Waals surface area contributed by atoms with Gasteiger partial charge in [0.25, 0.3) is 5.91 Å². The summed E-state index contributed by atoms with van der Waals surface area (Å²) >= 11 is 3.43. The van der Waals surface area contributed by atoms with Crippen molar-refractivity contribution in [2.45, 2.75) is 17.9 Å². The number of ether oxygens (including phenoxy) is 1. The second-order valence-corrected chi connectivity index (χ2v) is 8.45. The molecule has 27 heavy (non-hydrogen) atoms. The SMILES string of the molecule is CC(Oc1ccc2cc(Br)ccc2c1)C(=O)Nc1ccc(S(N)(=O)=O)cc1. The molecule has 0 radical (unpaired) electrons. The highest BCUT2D eigenvalue weighted by Gasteiger charge is 2.16. The number of sulfonamides is 1. The molecule has 140 valence electrons. The second kappa shape index (κ2) is 7.67. The Hall–Kier alpha value is -2.42. The van der Waals surface area contributed by atoms with Crippen LogP contribution in [-0.4, -0.2) is 20.4 Å². The lowest BCUT2D eigenvalue weighted by Crippen LogP contribution is -2.30. The predicted octanol–water partition coefficient (Wildman–Crippen LogP) is 3.66. The number of fused-ring (bicyclic) bond motifs is 1. The Morgan fingerprint density at radius 3 is 2.33 bits per heavy atom. The lowest BCUT2D eigenvalue weighted by molar-refractivity contribution is -0.122. The van der Waals surface area contributed by atoms with Gasteiger partial charge in [-0.2, -0.15) is 0 Å². The Morgan fingerprint density at radius 1 is 1.04 bits per heavy atom. The Kier molecular flexibility index (Phi) is 5.50. The summed E-state index contributed by atoms with van der Waals surface area (Å²) in [5, 5.41) is 9.79. The Balaban J connectivity index is 1.67. The van der Waals surface area contributed by atoms with E-state index in [-0.39, 0.29) is 10.8 Å². The van der Waals surface area contributed by atoms with Crippen LogP contribution < -0.4 is 15.2 Å². The maximum Gasteiger partial charge on any atom is 0.265 e. The first-order valence-corrected chi connectivity index (χ1v) is 10.4. The number of hydrogen-bond acceptors (Lipinski definition) is 4. The molecule has 0 spiro atoms. The van der Waals surface area contributed by atoms with Gasteiger partial charge in [0.05, 0.1) is 4.90 Å². The fraction of sp³-hybridized carbons (Fsp3) is 0.105. The molecule has 0 bridgehead atoms. The van der Waals surface area contributed by atoms with Crippen molar-refractivity contribution in [3.05, 3.63) is 65.1 Å². The highest BCUT2D eigenvalue weighted by Crippen LogP contribution is 2.25.